The molecule has 0 fully saturated rings. The molecule has 2 nitrogen and oxygen atoms in total. The fourth-order valence-corrected chi connectivity index (χ4v) is 1.31. The minimum Gasteiger partial charge on any atom is -0.238 e. The van der Waals surface area contributed by atoms with Crippen molar-refractivity contribution in [2.45, 2.75) is 13.3 Å². The van der Waals surface area contributed by atoms with Gasteiger partial charge in [0.15, 0.2) is 10.3 Å². The van der Waals surface area contributed by atoms with Crippen LogP contribution in [-0.2, 0) is 6.42 Å². The van der Waals surface area contributed by atoms with Crippen LogP contribution in [0.1, 0.15) is 12.5 Å². The van der Waals surface area contributed by atoms with E-state index in [9.17, 15) is 0 Å². The van der Waals surface area contributed by atoms with Crippen molar-refractivity contribution in [2.24, 2.45) is 4.99 Å². The molecular weight excluding hydrogens is 219 g/mol. The van der Waals surface area contributed by atoms with Crippen molar-refractivity contribution in [3.8, 4) is 0 Å². The summed E-state index contributed by atoms with van der Waals surface area (Å²) in [7, 11) is 0. The van der Waals surface area contributed by atoms with Gasteiger partial charge in [-0.05, 0) is 41.3 Å². The van der Waals surface area contributed by atoms with Gasteiger partial charge in [0.2, 0.25) is 0 Å². The first-order chi connectivity index (χ1) is 6.67. The van der Waals surface area contributed by atoms with Crippen LogP contribution < -0.4 is 0 Å². The van der Waals surface area contributed by atoms with Crippen molar-refractivity contribution in [3.63, 3.8) is 0 Å². The Kier molecular flexibility index (Phi) is 3.94. The Hall–Kier alpha value is -1.04. The van der Waals surface area contributed by atoms with Crippen LogP contribution in [0, 0.1) is 6.57 Å². The first-order valence-electron chi connectivity index (χ1n) is 4.07. The predicted octanol–water partition coefficient (Wildman–Crippen LogP) is 4.26. The van der Waals surface area contributed by atoms with Gasteiger partial charge >= 0.3 is 0 Å². The molecule has 0 amide bonds. The van der Waals surface area contributed by atoms with E-state index in [2.05, 4.69) is 9.84 Å². The van der Waals surface area contributed by atoms with E-state index in [-0.39, 0.29) is 4.63 Å². The number of nitrogens with zero attached hydrogens (tertiary/aromatic N) is 2. The summed E-state index contributed by atoms with van der Waals surface area (Å²) in [6.45, 7) is 8.85. The Balaban J connectivity index is 3.20. The fourth-order valence-electron chi connectivity index (χ4n) is 1.12. The van der Waals surface area contributed by atoms with Gasteiger partial charge in [0, 0.05) is 0 Å². The van der Waals surface area contributed by atoms with Gasteiger partial charge in [0.25, 0.3) is 0 Å². The number of halogens is 2. The maximum absolute atomic E-state index is 6.86. The molecule has 0 aliphatic carbocycles. The van der Waals surface area contributed by atoms with Crippen LogP contribution in [0.25, 0.3) is 4.85 Å². The van der Waals surface area contributed by atoms with E-state index in [4.69, 9.17) is 29.8 Å². The molecule has 0 N–H and O–H groups in total. The molecule has 0 spiro atoms. The Morgan fingerprint density at radius 3 is 2.71 bits per heavy atom. The number of hydrogen-bond acceptors (Lipinski definition) is 1. The van der Waals surface area contributed by atoms with Crippen LogP contribution in [0.4, 0.5) is 11.4 Å². The summed E-state index contributed by atoms with van der Waals surface area (Å²) in [5.74, 6) is 0. The van der Waals surface area contributed by atoms with Crippen LogP contribution in [-0.4, -0.2) is 4.63 Å². The number of benzene rings is 1. The zero-order valence-corrected chi connectivity index (χ0v) is 9.10. The average molecular weight is 227 g/mol. The first kappa shape index (κ1) is 11.0. The summed E-state index contributed by atoms with van der Waals surface area (Å²) in [5.41, 5.74) is 2.30. The molecule has 1 rings (SSSR count). The second-order valence-electron chi connectivity index (χ2n) is 2.63. The molecule has 0 aliphatic heterocycles. The maximum Gasteiger partial charge on any atom is 0.197 e. The largest absolute Gasteiger partial charge is 0.238 e. The van der Waals surface area contributed by atoms with E-state index in [1.807, 2.05) is 6.92 Å². The maximum atomic E-state index is 6.86. The van der Waals surface area contributed by atoms with Gasteiger partial charge < -0.3 is 0 Å². The third kappa shape index (κ3) is 2.73. The highest BCUT2D eigenvalue weighted by molar-refractivity contribution is 6.95. The molecule has 1 aromatic carbocycles. The standard InChI is InChI=1S/C10H8Cl2N2/c1-3-7-6-8(13-2)4-5-9(7)14-10(11)12/h4-6H,3H2,1H3. The lowest BCUT2D eigenvalue weighted by Gasteiger charge is -2.02. The summed E-state index contributed by atoms with van der Waals surface area (Å²) in [6.07, 6.45) is 0.795. The lowest BCUT2D eigenvalue weighted by Crippen LogP contribution is -1.81. The van der Waals surface area contributed by atoms with Gasteiger partial charge in [-0.15, -0.1) is 0 Å². The molecule has 14 heavy (non-hydrogen) atoms. The second-order valence-corrected chi connectivity index (χ2v) is 3.54. The fraction of sp³-hybridized carbons (Fsp3) is 0.200. The summed E-state index contributed by atoms with van der Waals surface area (Å²) >= 11 is 10.9. The lowest BCUT2D eigenvalue weighted by molar-refractivity contribution is 1.14. The highest BCUT2D eigenvalue weighted by atomic mass is 35.5. The van der Waals surface area contributed by atoms with Gasteiger partial charge in [-0.3, -0.25) is 0 Å². The Morgan fingerprint density at radius 2 is 2.21 bits per heavy atom. The summed E-state index contributed by atoms with van der Waals surface area (Å²) in [4.78, 5) is 7.29. The predicted molar refractivity (Wildman–Crippen MR) is 60.9 cm³/mol. The summed E-state index contributed by atoms with van der Waals surface area (Å²) in [6, 6.07) is 5.24. The molecule has 0 bridgehead atoms. The van der Waals surface area contributed by atoms with E-state index < -0.39 is 0 Å². The molecule has 0 saturated heterocycles. The molecule has 1 aromatic rings. The van der Waals surface area contributed by atoms with Crippen molar-refractivity contribution >= 4 is 39.2 Å². The first-order valence-corrected chi connectivity index (χ1v) is 4.83. The van der Waals surface area contributed by atoms with Crippen LogP contribution >= 0.6 is 23.2 Å². The number of aliphatic imine (C=N–C) groups is 1. The quantitative estimate of drug-likeness (QED) is 0.530. The van der Waals surface area contributed by atoms with Crippen molar-refractivity contribution in [1.29, 1.82) is 0 Å². The molecule has 0 unspecified atom stereocenters. The molecule has 72 valence electrons. The molecule has 0 aromatic heterocycles. The highest BCUT2D eigenvalue weighted by Gasteiger charge is 2.01. The minimum absolute atomic E-state index is 0.0183. The van der Waals surface area contributed by atoms with E-state index in [1.165, 1.54) is 0 Å². The average Bonchev–Trinajstić information content (AvgIpc) is 2.17. The smallest absolute Gasteiger partial charge is 0.197 e. The van der Waals surface area contributed by atoms with E-state index >= 15 is 0 Å². The molecule has 0 radical (unpaired) electrons. The zero-order chi connectivity index (χ0) is 10.6. The number of hydrogen-bond donors (Lipinski definition) is 0. The van der Waals surface area contributed by atoms with Crippen LogP contribution in [0.5, 0.6) is 0 Å². The molecular formula is C10H8Cl2N2. The normalized spacial score (nSPS) is 9.29. The molecule has 0 aliphatic rings. The molecule has 4 heteroatoms. The minimum atomic E-state index is -0.0183. The summed E-state index contributed by atoms with van der Waals surface area (Å²) < 4.78 is -0.0183. The van der Waals surface area contributed by atoms with E-state index in [0.717, 1.165) is 17.7 Å². The van der Waals surface area contributed by atoms with Crippen LogP contribution in [0.15, 0.2) is 23.2 Å². The zero-order valence-electron chi connectivity index (χ0n) is 7.59. The van der Waals surface area contributed by atoms with Gasteiger partial charge in [0.1, 0.15) is 0 Å². The Morgan fingerprint density at radius 1 is 1.50 bits per heavy atom. The van der Waals surface area contributed by atoms with Gasteiger partial charge in [-0.25, -0.2) is 9.84 Å². The van der Waals surface area contributed by atoms with Crippen LogP contribution in [0.3, 0.4) is 0 Å². The number of rotatable bonds is 2. The SMILES string of the molecule is [C-]#[N+]c1ccc(N=C(Cl)Cl)c(CC)c1. The van der Waals surface area contributed by atoms with Crippen molar-refractivity contribution < 1.29 is 0 Å². The third-order valence-electron chi connectivity index (χ3n) is 1.78. The topological polar surface area (TPSA) is 16.7 Å². The summed E-state index contributed by atoms with van der Waals surface area (Å²) in [5, 5.41) is 0. The van der Waals surface area contributed by atoms with Gasteiger partial charge in [0.05, 0.1) is 12.3 Å². The number of aryl methyl sites for hydroxylation is 1. The van der Waals surface area contributed by atoms with E-state index in [0.29, 0.717) is 5.69 Å². The molecule has 0 atom stereocenters. The highest BCUT2D eigenvalue weighted by Crippen LogP contribution is 2.26. The van der Waals surface area contributed by atoms with Crippen molar-refractivity contribution in [1.82, 2.24) is 0 Å². The lowest BCUT2D eigenvalue weighted by atomic mass is 10.1. The second kappa shape index (κ2) is 4.99. The molecule has 0 saturated carbocycles. The van der Waals surface area contributed by atoms with Crippen LogP contribution in [0.2, 0.25) is 0 Å². The van der Waals surface area contributed by atoms with E-state index in [1.54, 1.807) is 18.2 Å². The van der Waals surface area contributed by atoms with Crippen molar-refractivity contribution in [2.75, 3.05) is 0 Å². The molecule has 0 heterocycles. The third-order valence-corrected chi connectivity index (χ3v) is 1.95. The van der Waals surface area contributed by atoms with Crippen molar-refractivity contribution in [3.05, 3.63) is 35.2 Å². The Bertz CT molecular complexity index is 401. The monoisotopic (exact) mass is 226 g/mol. The Labute approximate surface area is 93.0 Å². The van der Waals surface area contributed by atoms with Gasteiger partial charge in [-0.2, -0.15) is 0 Å². The van der Waals surface area contributed by atoms with Gasteiger partial charge in [-0.1, -0.05) is 19.1 Å².